The van der Waals surface area contributed by atoms with E-state index in [0.717, 1.165) is 11.3 Å². The fraction of sp³-hybridized carbons (Fsp3) is 0.217. The number of esters is 1. The van der Waals surface area contributed by atoms with Gasteiger partial charge in [0.25, 0.3) is 11.8 Å². The summed E-state index contributed by atoms with van der Waals surface area (Å²) in [5, 5.41) is 5.90. The first-order valence-electron chi connectivity index (χ1n) is 10.2. The molecule has 9 nitrogen and oxygen atoms in total. The molecular formula is C23H21N3O6S. The number of amides is 3. The first-order chi connectivity index (χ1) is 15.8. The summed E-state index contributed by atoms with van der Waals surface area (Å²) in [6, 6.07) is 11.3. The molecular weight excluding hydrogens is 446 g/mol. The van der Waals surface area contributed by atoms with Gasteiger partial charge in [0.2, 0.25) is 5.91 Å². The van der Waals surface area contributed by atoms with Crippen molar-refractivity contribution in [2.75, 3.05) is 22.1 Å². The van der Waals surface area contributed by atoms with Crippen LogP contribution in [0.2, 0.25) is 0 Å². The van der Waals surface area contributed by atoms with Gasteiger partial charge in [-0.25, -0.2) is 4.79 Å². The Labute approximate surface area is 193 Å². The van der Waals surface area contributed by atoms with Gasteiger partial charge in [-0.05, 0) is 49.7 Å². The number of nitrogens with zero attached hydrogens (tertiary/aromatic N) is 1. The van der Waals surface area contributed by atoms with E-state index >= 15 is 0 Å². The minimum Gasteiger partial charge on any atom is -0.459 e. The van der Waals surface area contributed by atoms with E-state index < -0.39 is 30.4 Å². The van der Waals surface area contributed by atoms with Crippen LogP contribution in [0.4, 0.5) is 16.4 Å². The topological polar surface area (TPSA) is 118 Å². The molecule has 3 aromatic rings. The van der Waals surface area contributed by atoms with Crippen LogP contribution in [0.3, 0.4) is 0 Å². The van der Waals surface area contributed by atoms with E-state index in [1.165, 1.54) is 17.2 Å². The Morgan fingerprint density at radius 1 is 1.24 bits per heavy atom. The average Bonchev–Trinajstić information content (AvgIpc) is 3.40. The Kier molecular flexibility index (Phi) is 6.27. The lowest BCUT2D eigenvalue weighted by Crippen LogP contribution is -2.41. The summed E-state index contributed by atoms with van der Waals surface area (Å²) in [6.07, 6.45) is 1.51. The number of nitrogens with one attached hydrogen (secondary N) is 2. The molecule has 33 heavy (non-hydrogen) atoms. The minimum absolute atomic E-state index is 0.122. The number of hydrogen-bond acceptors (Lipinski definition) is 7. The molecule has 0 radical (unpaired) electrons. The van der Waals surface area contributed by atoms with Crippen LogP contribution in [0.15, 0.2) is 53.1 Å². The number of para-hydroxylation sites is 2. The van der Waals surface area contributed by atoms with Gasteiger partial charge in [0, 0.05) is 12.5 Å². The van der Waals surface area contributed by atoms with E-state index in [4.69, 9.17) is 9.15 Å². The lowest BCUT2D eigenvalue weighted by Gasteiger charge is -2.27. The Balaban J connectivity index is 1.44. The molecule has 10 heteroatoms. The third-order valence-corrected chi connectivity index (χ3v) is 6.17. The number of thiophene rings is 1. The van der Waals surface area contributed by atoms with Crippen molar-refractivity contribution in [3.8, 4) is 0 Å². The summed E-state index contributed by atoms with van der Waals surface area (Å²) in [7, 11) is 0. The molecule has 1 aliphatic heterocycles. The standard InChI is InChI=1S/C23H21N3O6S/c1-13-10-19(25-22(29)17-8-5-9-31-17)33-21(13)23(30)32-12-20(28)26-14(2)11-18(27)24-15-6-3-4-7-16(15)26/h3-10,14H,11-12H2,1-2H3,(H,24,27)(H,25,29). The highest BCUT2D eigenvalue weighted by Gasteiger charge is 2.30. The molecule has 1 atom stereocenters. The third-order valence-electron chi connectivity index (χ3n) is 5.04. The van der Waals surface area contributed by atoms with Gasteiger partial charge in [-0.3, -0.25) is 14.4 Å². The zero-order valence-corrected chi connectivity index (χ0v) is 18.7. The number of fused-ring (bicyclic) bond motifs is 1. The summed E-state index contributed by atoms with van der Waals surface area (Å²) >= 11 is 1.05. The van der Waals surface area contributed by atoms with Gasteiger partial charge in [-0.2, -0.15) is 0 Å². The second-order valence-electron chi connectivity index (χ2n) is 7.51. The molecule has 2 aromatic heterocycles. The average molecular weight is 468 g/mol. The Bertz CT molecular complexity index is 1220. The Morgan fingerprint density at radius 2 is 2.03 bits per heavy atom. The summed E-state index contributed by atoms with van der Waals surface area (Å²) in [4.78, 5) is 51.6. The van der Waals surface area contributed by atoms with E-state index in [2.05, 4.69) is 10.6 Å². The van der Waals surface area contributed by atoms with Crippen molar-refractivity contribution in [1.82, 2.24) is 0 Å². The first-order valence-corrected chi connectivity index (χ1v) is 11.0. The predicted octanol–water partition coefficient (Wildman–Crippen LogP) is 3.82. The number of rotatable bonds is 5. The molecule has 0 bridgehead atoms. The number of aryl methyl sites for hydroxylation is 1. The van der Waals surface area contributed by atoms with Crippen molar-refractivity contribution in [3.05, 3.63) is 64.9 Å². The van der Waals surface area contributed by atoms with Crippen molar-refractivity contribution in [3.63, 3.8) is 0 Å². The van der Waals surface area contributed by atoms with Crippen molar-refractivity contribution >= 4 is 51.4 Å². The smallest absolute Gasteiger partial charge is 0.349 e. The van der Waals surface area contributed by atoms with Gasteiger partial charge in [0.15, 0.2) is 12.4 Å². The monoisotopic (exact) mass is 467 g/mol. The van der Waals surface area contributed by atoms with Crippen molar-refractivity contribution in [1.29, 1.82) is 0 Å². The molecule has 0 aliphatic carbocycles. The van der Waals surface area contributed by atoms with E-state index in [1.807, 2.05) is 0 Å². The number of furan rings is 1. The molecule has 0 spiro atoms. The van der Waals surface area contributed by atoms with Gasteiger partial charge < -0.3 is 24.7 Å². The van der Waals surface area contributed by atoms with Crippen LogP contribution in [0.25, 0.3) is 0 Å². The lowest BCUT2D eigenvalue weighted by molar-refractivity contribution is -0.122. The molecule has 4 rings (SSSR count). The molecule has 1 aliphatic rings. The Morgan fingerprint density at radius 3 is 2.79 bits per heavy atom. The summed E-state index contributed by atoms with van der Waals surface area (Å²) < 4.78 is 10.3. The van der Waals surface area contributed by atoms with E-state index in [1.54, 1.807) is 50.2 Å². The van der Waals surface area contributed by atoms with Crippen molar-refractivity contribution in [2.45, 2.75) is 26.3 Å². The van der Waals surface area contributed by atoms with Gasteiger partial charge in [0.1, 0.15) is 4.88 Å². The summed E-state index contributed by atoms with van der Waals surface area (Å²) in [5.74, 6) is -1.60. The number of carbonyl (C=O) groups excluding carboxylic acids is 4. The van der Waals surface area contributed by atoms with Crippen molar-refractivity contribution in [2.24, 2.45) is 0 Å². The fourth-order valence-corrected chi connectivity index (χ4v) is 4.52. The van der Waals surface area contributed by atoms with E-state index in [0.29, 0.717) is 21.9 Å². The number of anilines is 3. The normalized spacial score (nSPS) is 15.3. The molecule has 0 fully saturated rings. The van der Waals surface area contributed by atoms with E-state index in [-0.39, 0.29) is 23.0 Å². The zero-order valence-electron chi connectivity index (χ0n) is 17.9. The second-order valence-corrected chi connectivity index (χ2v) is 8.56. The number of ether oxygens (including phenoxy) is 1. The van der Waals surface area contributed by atoms with Crippen LogP contribution >= 0.6 is 11.3 Å². The second kappa shape index (κ2) is 9.29. The van der Waals surface area contributed by atoms with Crippen LogP contribution in [-0.4, -0.2) is 36.3 Å². The van der Waals surface area contributed by atoms with Crippen LogP contribution in [-0.2, 0) is 14.3 Å². The fourth-order valence-electron chi connectivity index (χ4n) is 3.56. The van der Waals surface area contributed by atoms with Crippen LogP contribution in [0, 0.1) is 6.92 Å². The molecule has 0 saturated carbocycles. The predicted molar refractivity (Wildman–Crippen MR) is 123 cm³/mol. The van der Waals surface area contributed by atoms with Crippen molar-refractivity contribution < 1.29 is 28.3 Å². The van der Waals surface area contributed by atoms with Crippen LogP contribution in [0.1, 0.15) is 39.1 Å². The maximum absolute atomic E-state index is 13.0. The number of carbonyl (C=O) groups is 4. The first kappa shape index (κ1) is 22.3. The number of hydrogen-bond donors (Lipinski definition) is 2. The highest BCUT2D eigenvalue weighted by Crippen LogP contribution is 2.32. The van der Waals surface area contributed by atoms with Gasteiger partial charge in [-0.15, -0.1) is 11.3 Å². The molecule has 1 unspecified atom stereocenters. The Hall–Kier alpha value is -3.92. The van der Waals surface area contributed by atoms with Gasteiger partial charge >= 0.3 is 5.97 Å². The van der Waals surface area contributed by atoms with Crippen LogP contribution in [0.5, 0.6) is 0 Å². The summed E-state index contributed by atoms with van der Waals surface area (Å²) in [6.45, 7) is 2.98. The largest absolute Gasteiger partial charge is 0.459 e. The number of benzene rings is 1. The van der Waals surface area contributed by atoms with Gasteiger partial charge in [-0.1, -0.05) is 12.1 Å². The highest BCUT2D eigenvalue weighted by molar-refractivity contribution is 7.18. The quantitative estimate of drug-likeness (QED) is 0.551. The molecule has 1 aromatic carbocycles. The third kappa shape index (κ3) is 4.80. The highest BCUT2D eigenvalue weighted by atomic mass is 32.1. The zero-order chi connectivity index (χ0) is 23.5. The minimum atomic E-state index is -0.672. The van der Waals surface area contributed by atoms with Crippen LogP contribution < -0.4 is 15.5 Å². The van der Waals surface area contributed by atoms with E-state index in [9.17, 15) is 19.2 Å². The molecule has 3 heterocycles. The molecule has 170 valence electrons. The molecule has 0 saturated heterocycles. The maximum atomic E-state index is 13.0. The molecule has 2 N–H and O–H groups in total. The molecule has 3 amide bonds. The summed E-state index contributed by atoms with van der Waals surface area (Å²) in [5.41, 5.74) is 1.68. The lowest BCUT2D eigenvalue weighted by atomic mass is 10.1. The SMILES string of the molecule is Cc1cc(NC(=O)c2ccco2)sc1C(=O)OCC(=O)N1c2ccccc2NC(=O)CC1C. The maximum Gasteiger partial charge on any atom is 0.349 e. The van der Waals surface area contributed by atoms with Gasteiger partial charge in [0.05, 0.1) is 22.6 Å².